The second kappa shape index (κ2) is 4.40. The molecule has 0 unspecified atom stereocenters. The van der Waals surface area contributed by atoms with E-state index in [0.29, 0.717) is 6.42 Å². The Hall–Kier alpha value is -1.78. The van der Waals surface area contributed by atoms with Crippen molar-refractivity contribution < 1.29 is 19.1 Å². The highest BCUT2D eigenvalue weighted by molar-refractivity contribution is 5.90. The second-order valence-electron chi connectivity index (χ2n) is 5.46. The van der Waals surface area contributed by atoms with Gasteiger partial charge in [-0.3, -0.25) is 9.59 Å². The van der Waals surface area contributed by atoms with E-state index in [1.54, 1.807) is 12.3 Å². The average Bonchev–Trinajstić information content (AvgIpc) is 3.28. The van der Waals surface area contributed by atoms with Crippen LogP contribution in [0.15, 0.2) is 22.8 Å². The number of hydrogen-bond acceptors (Lipinski definition) is 3. The molecule has 2 aliphatic rings. The van der Waals surface area contributed by atoms with Crippen molar-refractivity contribution >= 4 is 11.9 Å². The summed E-state index contributed by atoms with van der Waals surface area (Å²) in [7, 11) is 0. The number of rotatable bonds is 5. The van der Waals surface area contributed by atoms with Gasteiger partial charge in [0.1, 0.15) is 5.76 Å². The molecule has 0 spiro atoms. The van der Waals surface area contributed by atoms with Crippen molar-refractivity contribution in [1.82, 2.24) is 4.90 Å². The molecule has 1 amide bonds. The molecule has 3 rings (SSSR count). The lowest BCUT2D eigenvalue weighted by Gasteiger charge is -2.28. The Morgan fingerprint density at radius 2 is 2.16 bits per heavy atom. The van der Waals surface area contributed by atoms with Crippen LogP contribution in [0.2, 0.25) is 0 Å². The normalized spacial score (nSPS) is 26.8. The summed E-state index contributed by atoms with van der Waals surface area (Å²) in [6.07, 6.45) is 4.07. The van der Waals surface area contributed by atoms with E-state index >= 15 is 0 Å². The summed E-state index contributed by atoms with van der Waals surface area (Å²) in [6, 6.07) is 3.79. The van der Waals surface area contributed by atoms with Gasteiger partial charge in [0.2, 0.25) is 5.91 Å². The van der Waals surface area contributed by atoms with E-state index in [1.165, 1.54) is 0 Å². The Kier molecular flexibility index (Phi) is 2.84. The van der Waals surface area contributed by atoms with Crippen LogP contribution in [-0.4, -0.2) is 27.9 Å². The lowest BCUT2D eigenvalue weighted by atomic mass is 10.1. The van der Waals surface area contributed by atoms with Crippen LogP contribution in [0.4, 0.5) is 0 Å². The SMILES string of the molecule is C[C@H](c1ccco1)N(C(=O)[C@H]1C[C@@H]1C(=O)O)C1CC1. The first-order valence-corrected chi connectivity index (χ1v) is 6.68. The van der Waals surface area contributed by atoms with Gasteiger partial charge in [-0.05, 0) is 38.3 Å². The molecule has 19 heavy (non-hydrogen) atoms. The fourth-order valence-corrected chi connectivity index (χ4v) is 2.64. The number of carbonyl (C=O) groups is 2. The Morgan fingerprint density at radius 1 is 1.42 bits per heavy atom. The molecule has 5 heteroatoms. The van der Waals surface area contributed by atoms with E-state index < -0.39 is 11.9 Å². The van der Waals surface area contributed by atoms with Crippen molar-refractivity contribution in [1.29, 1.82) is 0 Å². The molecular weight excluding hydrogens is 246 g/mol. The fraction of sp³-hybridized carbons (Fsp3) is 0.571. The Bertz CT molecular complexity index is 492. The lowest BCUT2D eigenvalue weighted by molar-refractivity contribution is -0.143. The van der Waals surface area contributed by atoms with Gasteiger partial charge in [0, 0.05) is 6.04 Å². The van der Waals surface area contributed by atoms with Crippen molar-refractivity contribution in [2.45, 2.75) is 38.3 Å². The Balaban J connectivity index is 1.75. The molecular formula is C14H17NO4. The van der Waals surface area contributed by atoms with Gasteiger partial charge >= 0.3 is 5.97 Å². The van der Waals surface area contributed by atoms with Crippen LogP contribution in [0.3, 0.4) is 0 Å². The minimum atomic E-state index is -0.861. The van der Waals surface area contributed by atoms with Gasteiger partial charge in [-0.2, -0.15) is 0 Å². The van der Waals surface area contributed by atoms with Gasteiger partial charge in [-0.25, -0.2) is 0 Å². The molecule has 0 radical (unpaired) electrons. The second-order valence-corrected chi connectivity index (χ2v) is 5.46. The van der Waals surface area contributed by atoms with Crippen LogP contribution in [0.25, 0.3) is 0 Å². The number of furan rings is 1. The maximum Gasteiger partial charge on any atom is 0.307 e. The molecule has 0 bridgehead atoms. The fourth-order valence-electron chi connectivity index (χ4n) is 2.64. The smallest absolute Gasteiger partial charge is 0.307 e. The number of carboxylic acids is 1. The van der Waals surface area contributed by atoms with E-state index in [4.69, 9.17) is 9.52 Å². The van der Waals surface area contributed by atoms with Gasteiger partial charge in [0.05, 0.1) is 24.1 Å². The van der Waals surface area contributed by atoms with Gasteiger partial charge in [-0.1, -0.05) is 0 Å². The quantitative estimate of drug-likeness (QED) is 0.882. The van der Waals surface area contributed by atoms with E-state index in [2.05, 4.69) is 0 Å². The average molecular weight is 263 g/mol. The van der Waals surface area contributed by atoms with E-state index in [9.17, 15) is 9.59 Å². The lowest BCUT2D eigenvalue weighted by Crippen LogP contribution is -2.37. The molecule has 3 atom stereocenters. The van der Waals surface area contributed by atoms with Crippen LogP contribution < -0.4 is 0 Å². The zero-order chi connectivity index (χ0) is 13.6. The van der Waals surface area contributed by atoms with Crippen LogP contribution in [0.5, 0.6) is 0 Å². The summed E-state index contributed by atoms with van der Waals surface area (Å²) in [4.78, 5) is 25.2. The van der Waals surface area contributed by atoms with Gasteiger partial charge in [0.15, 0.2) is 0 Å². The highest BCUT2D eigenvalue weighted by Gasteiger charge is 2.52. The molecule has 0 aliphatic heterocycles. The van der Waals surface area contributed by atoms with Crippen LogP contribution in [0, 0.1) is 11.8 Å². The van der Waals surface area contributed by atoms with Crippen LogP contribution in [-0.2, 0) is 9.59 Å². The van der Waals surface area contributed by atoms with Gasteiger partial charge < -0.3 is 14.4 Å². The minimum Gasteiger partial charge on any atom is -0.481 e. The van der Waals surface area contributed by atoms with Gasteiger partial charge in [0.25, 0.3) is 0 Å². The molecule has 1 heterocycles. The summed E-state index contributed by atoms with van der Waals surface area (Å²) in [5.74, 6) is -0.959. The number of hydrogen-bond donors (Lipinski definition) is 1. The van der Waals surface area contributed by atoms with E-state index in [-0.39, 0.29) is 23.9 Å². The molecule has 2 fully saturated rings. The van der Waals surface area contributed by atoms with Crippen molar-refractivity contribution in [2.24, 2.45) is 11.8 Å². The number of nitrogens with zero attached hydrogens (tertiary/aromatic N) is 1. The summed E-state index contributed by atoms with van der Waals surface area (Å²) in [5.41, 5.74) is 0. The largest absolute Gasteiger partial charge is 0.481 e. The number of aliphatic carboxylic acids is 1. The predicted octanol–water partition coefficient (Wildman–Crippen LogP) is 2.05. The van der Waals surface area contributed by atoms with Crippen molar-refractivity contribution in [3.05, 3.63) is 24.2 Å². The Morgan fingerprint density at radius 3 is 2.63 bits per heavy atom. The third-order valence-corrected chi connectivity index (χ3v) is 3.99. The molecule has 1 N–H and O–H groups in total. The monoisotopic (exact) mass is 263 g/mol. The molecule has 1 aromatic rings. The maximum atomic E-state index is 12.5. The highest BCUT2D eigenvalue weighted by Crippen LogP contribution is 2.44. The standard InChI is InChI=1S/C14H17NO4/c1-8(12-3-2-6-19-12)15(9-4-5-9)13(16)10-7-11(10)14(17)18/h2-3,6,8-11H,4-5,7H2,1H3,(H,17,18)/t8-,10+,11+/m1/s1. The number of carbonyl (C=O) groups excluding carboxylic acids is 1. The molecule has 102 valence electrons. The summed E-state index contributed by atoms with van der Waals surface area (Å²) in [5, 5.41) is 8.94. The molecule has 0 saturated heterocycles. The summed E-state index contributed by atoms with van der Waals surface area (Å²) < 4.78 is 5.37. The van der Waals surface area contributed by atoms with Crippen molar-refractivity contribution in [2.75, 3.05) is 0 Å². The zero-order valence-corrected chi connectivity index (χ0v) is 10.8. The third kappa shape index (κ3) is 2.25. The minimum absolute atomic E-state index is 0.0289. The third-order valence-electron chi connectivity index (χ3n) is 3.99. The summed E-state index contributed by atoms with van der Waals surface area (Å²) >= 11 is 0. The van der Waals surface area contributed by atoms with Crippen LogP contribution in [0.1, 0.15) is 38.0 Å². The number of amides is 1. The molecule has 5 nitrogen and oxygen atoms in total. The van der Waals surface area contributed by atoms with Crippen LogP contribution >= 0.6 is 0 Å². The van der Waals surface area contributed by atoms with Crippen molar-refractivity contribution in [3.8, 4) is 0 Å². The summed E-state index contributed by atoms with van der Waals surface area (Å²) in [6.45, 7) is 1.94. The molecule has 0 aromatic carbocycles. The number of carboxylic acid groups (broad SMARTS) is 1. The van der Waals surface area contributed by atoms with E-state index in [1.807, 2.05) is 17.9 Å². The van der Waals surface area contributed by atoms with Gasteiger partial charge in [-0.15, -0.1) is 0 Å². The predicted molar refractivity (Wildman–Crippen MR) is 66.2 cm³/mol. The first-order valence-electron chi connectivity index (χ1n) is 6.68. The highest BCUT2D eigenvalue weighted by atomic mass is 16.4. The first-order chi connectivity index (χ1) is 9.09. The van der Waals surface area contributed by atoms with Crippen molar-refractivity contribution in [3.63, 3.8) is 0 Å². The molecule has 1 aromatic heterocycles. The maximum absolute atomic E-state index is 12.5. The topological polar surface area (TPSA) is 70.8 Å². The van der Waals surface area contributed by atoms with E-state index in [0.717, 1.165) is 18.6 Å². The first kappa shape index (κ1) is 12.3. The molecule has 2 saturated carbocycles. The zero-order valence-electron chi connectivity index (χ0n) is 10.8. The molecule has 2 aliphatic carbocycles. The Labute approximate surface area is 111 Å².